The smallest absolute Gasteiger partial charge is 0.315 e. The van der Waals surface area contributed by atoms with E-state index in [9.17, 15) is 9.18 Å². The van der Waals surface area contributed by atoms with Gasteiger partial charge in [0.15, 0.2) is 0 Å². The summed E-state index contributed by atoms with van der Waals surface area (Å²) in [5.41, 5.74) is 2.06. The summed E-state index contributed by atoms with van der Waals surface area (Å²) in [4.78, 5) is 14.5. The largest absolute Gasteiger partial charge is 0.335 e. The molecular weight excluding hydrogens is 293 g/mol. The van der Waals surface area contributed by atoms with Crippen molar-refractivity contribution in [3.05, 3.63) is 47.8 Å². The van der Waals surface area contributed by atoms with E-state index < -0.39 is 0 Å². The zero-order valence-corrected chi connectivity index (χ0v) is 13.9. The Hall–Kier alpha value is -1.88. The van der Waals surface area contributed by atoms with Gasteiger partial charge in [-0.3, -0.25) is 4.90 Å². The van der Waals surface area contributed by atoms with Crippen LogP contribution in [0, 0.1) is 5.82 Å². The molecule has 0 unspecified atom stereocenters. The third kappa shape index (κ3) is 5.67. The second-order valence-electron chi connectivity index (χ2n) is 6.40. The highest BCUT2D eigenvalue weighted by molar-refractivity contribution is 5.74. The van der Waals surface area contributed by atoms with Crippen molar-refractivity contribution >= 4 is 6.03 Å². The number of nitrogens with one attached hydrogen (secondary N) is 2. The Bertz CT molecular complexity index is 536. The van der Waals surface area contributed by atoms with E-state index in [1.165, 1.54) is 17.7 Å². The number of piperidine rings is 1. The molecule has 0 aliphatic carbocycles. The monoisotopic (exact) mass is 319 g/mol. The van der Waals surface area contributed by atoms with Crippen LogP contribution in [0.2, 0.25) is 0 Å². The first-order chi connectivity index (χ1) is 10.9. The van der Waals surface area contributed by atoms with Crippen molar-refractivity contribution in [3.8, 4) is 0 Å². The molecule has 1 aliphatic heterocycles. The summed E-state index contributed by atoms with van der Waals surface area (Å²) < 4.78 is 12.9. The second kappa shape index (κ2) is 8.11. The van der Waals surface area contributed by atoms with Crippen LogP contribution in [0.1, 0.15) is 38.3 Å². The molecule has 5 heteroatoms. The van der Waals surface area contributed by atoms with Crippen LogP contribution in [0.4, 0.5) is 9.18 Å². The van der Waals surface area contributed by atoms with Crippen molar-refractivity contribution < 1.29 is 9.18 Å². The first-order valence-electron chi connectivity index (χ1n) is 8.13. The van der Waals surface area contributed by atoms with Gasteiger partial charge in [-0.2, -0.15) is 0 Å². The van der Waals surface area contributed by atoms with Gasteiger partial charge in [-0.1, -0.05) is 24.3 Å². The molecule has 1 heterocycles. The number of hydrogen-bond donors (Lipinski definition) is 2. The van der Waals surface area contributed by atoms with Crippen molar-refractivity contribution in [2.24, 2.45) is 0 Å². The van der Waals surface area contributed by atoms with Crippen molar-refractivity contribution in [2.75, 3.05) is 19.6 Å². The molecule has 0 saturated carbocycles. The van der Waals surface area contributed by atoms with Crippen LogP contribution < -0.4 is 10.6 Å². The van der Waals surface area contributed by atoms with E-state index >= 15 is 0 Å². The van der Waals surface area contributed by atoms with Crippen molar-refractivity contribution in [1.82, 2.24) is 15.5 Å². The molecule has 0 bridgehead atoms. The Kier molecular flexibility index (Phi) is 6.16. The maximum atomic E-state index is 12.9. The number of halogens is 1. The quantitative estimate of drug-likeness (QED) is 0.819. The summed E-state index contributed by atoms with van der Waals surface area (Å²) in [7, 11) is 0. The summed E-state index contributed by atoms with van der Waals surface area (Å²) in [6.07, 6.45) is 1.90. The van der Waals surface area contributed by atoms with Crippen LogP contribution >= 0.6 is 0 Å². The lowest BCUT2D eigenvalue weighted by atomic mass is 10.0. The van der Waals surface area contributed by atoms with Crippen LogP contribution in [-0.4, -0.2) is 36.6 Å². The zero-order valence-electron chi connectivity index (χ0n) is 13.9. The molecule has 1 saturated heterocycles. The summed E-state index contributed by atoms with van der Waals surface area (Å²) in [5.74, 6) is -0.271. The van der Waals surface area contributed by atoms with Gasteiger partial charge in [0.2, 0.25) is 0 Å². The number of benzene rings is 1. The molecule has 2 rings (SSSR count). The SMILES string of the molecule is C=C(C)CN1CCC(NC(=O)N[C@@H](C)c2ccc(F)cc2)CC1. The third-order valence-corrected chi connectivity index (χ3v) is 4.13. The molecule has 23 heavy (non-hydrogen) atoms. The van der Waals surface area contributed by atoms with E-state index in [-0.39, 0.29) is 23.9 Å². The van der Waals surface area contributed by atoms with Crippen LogP contribution in [-0.2, 0) is 0 Å². The summed E-state index contributed by atoms with van der Waals surface area (Å²) >= 11 is 0. The molecule has 126 valence electrons. The van der Waals surface area contributed by atoms with Gasteiger partial charge in [-0.05, 0) is 44.4 Å². The van der Waals surface area contributed by atoms with E-state index in [0.717, 1.165) is 38.0 Å². The second-order valence-corrected chi connectivity index (χ2v) is 6.40. The highest BCUT2D eigenvalue weighted by Gasteiger charge is 2.21. The Morgan fingerprint density at radius 3 is 2.52 bits per heavy atom. The number of urea groups is 1. The molecule has 1 fully saturated rings. The van der Waals surface area contributed by atoms with E-state index in [0.29, 0.717) is 0 Å². The predicted octanol–water partition coefficient (Wildman–Crippen LogP) is 3.23. The molecular formula is C18H26FN3O. The van der Waals surface area contributed by atoms with Crippen molar-refractivity contribution in [2.45, 2.75) is 38.8 Å². The van der Waals surface area contributed by atoms with Gasteiger partial charge < -0.3 is 10.6 Å². The van der Waals surface area contributed by atoms with Gasteiger partial charge in [0.1, 0.15) is 5.82 Å². The Labute approximate surface area is 137 Å². The average molecular weight is 319 g/mol. The number of carbonyl (C=O) groups is 1. The highest BCUT2D eigenvalue weighted by Crippen LogP contribution is 2.14. The number of carbonyl (C=O) groups excluding carboxylic acids is 1. The number of likely N-dealkylation sites (tertiary alicyclic amines) is 1. The minimum Gasteiger partial charge on any atom is -0.335 e. The predicted molar refractivity (Wildman–Crippen MR) is 90.8 cm³/mol. The molecule has 0 radical (unpaired) electrons. The average Bonchev–Trinajstić information content (AvgIpc) is 2.49. The van der Waals surface area contributed by atoms with Gasteiger partial charge in [0, 0.05) is 25.7 Å². The topological polar surface area (TPSA) is 44.4 Å². The Morgan fingerprint density at radius 1 is 1.35 bits per heavy atom. The fourth-order valence-electron chi connectivity index (χ4n) is 2.88. The summed E-state index contributed by atoms with van der Waals surface area (Å²) in [5, 5.41) is 5.94. The fraction of sp³-hybridized carbons (Fsp3) is 0.500. The maximum absolute atomic E-state index is 12.9. The number of amides is 2. The van der Waals surface area contributed by atoms with E-state index in [2.05, 4.69) is 22.1 Å². The molecule has 0 aromatic heterocycles. The normalized spacial score (nSPS) is 17.5. The lowest BCUT2D eigenvalue weighted by Gasteiger charge is -2.32. The molecule has 1 aromatic rings. The van der Waals surface area contributed by atoms with E-state index in [4.69, 9.17) is 0 Å². The van der Waals surface area contributed by atoms with E-state index in [1.807, 2.05) is 13.8 Å². The van der Waals surface area contributed by atoms with Gasteiger partial charge in [-0.25, -0.2) is 9.18 Å². The molecule has 2 amide bonds. The molecule has 1 aromatic carbocycles. The maximum Gasteiger partial charge on any atom is 0.315 e. The van der Waals surface area contributed by atoms with Crippen LogP contribution in [0.3, 0.4) is 0 Å². The molecule has 1 atom stereocenters. The van der Waals surface area contributed by atoms with Gasteiger partial charge >= 0.3 is 6.03 Å². The van der Waals surface area contributed by atoms with Crippen LogP contribution in [0.15, 0.2) is 36.4 Å². The van der Waals surface area contributed by atoms with Crippen molar-refractivity contribution in [1.29, 1.82) is 0 Å². The minimum atomic E-state index is -0.271. The first-order valence-corrected chi connectivity index (χ1v) is 8.13. The minimum absolute atomic E-state index is 0.154. The number of hydrogen-bond acceptors (Lipinski definition) is 2. The number of rotatable bonds is 5. The fourth-order valence-corrected chi connectivity index (χ4v) is 2.88. The Balaban J connectivity index is 1.75. The highest BCUT2D eigenvalue weighted by atomic mass is 19.1. The lowest BCUT2D eigenvalue weighted by Crippen LogP contribution is -2.48. The summed E-state index contributed by atoms with van der Waals surface area (Å²) in [6.45, 7) is 10.8. The lowest BCUT2D eigenvalue weighted by molar-refractivity contribution is 0.200. The number of nitrogens with zero attached hydrogens (tertiary/aromatic N) is 1. The summed E-state index contributed by atoms with van der Waals surface area (Å²) in [6, 6.07) is 6.08. The third-order valence-electron chi connectivity index (χ3n) is 4.13. The molecule has 2 N–H and O–H groups in total. The van der Waals surface area contributed by atoms with Crippen LogP contribution in [0.5, 0.6) is 0 Å². The van der Waals surface area contributed by atoms with Crippen LogP contribution in [0.25, 0.3) is 0 Å². The van der Waals surface area contributed by atoms with E-state index in [1.54, 1.807) is 12.1 Å². The molecule has 4 nitrogen and oxygen atoms in total. The zero-order chi connectivity index (χ0) is 16.8. The van der Waals surface area contributed by atoms with Crippen molar-refractivity contribution in [3.63, 3.8) is 0 Å². The first kappa shape index (κ1) is 17.5. The van der Waals surface area contributed by atoms with Gasteiger partial charge in [0.25, 0.3) is 0 Å². The molecule has 1 aliphatic rings. The Morgan fingerprint density at radius 2 is 1.96 bits per heavy atom. The molecule has 0 spiro atoms. The van der Waals surface area contributed by atoms with Gasteiger partial charge in [0.05, 0.1) is 6.04 Å². The van der Waals surface area contributed by atoms with Gasteiger partial charge in [-0.15, -0.1) is 0 Å². The standard InChI is InChI=1S/C18H26FN3O/c1-13(2)12-22-10-8-17(9-11-22)21-18(23)20-14(3)15-4-6-16(19)7-5-15/h4-7,14,17H,1,8-12H2,2-3H3,(H2,20,21,23)/t14-/m0/s1.